The highest BCUT2D eigenvalue weighted by molar-refractivity contribution is 5.94. The van der Waals surface area contributed by atoms with Gasteiger partial charge in [0.1, 0.15) is 0 Å². The van der Waals surface area contributed by atoms with Gasteiger partial charge in [-0.25, -0.2) is 5.43 Å². The van der Waals surface area contributed by atoms with E-state index in [4.69, 9.17) is 0 Å². The molecule has 24 heavy (non-hydrogen) atoms. The van der Waals surface area contributed by atoms with Crippen LogP contribution in [0.25, 0.3) is 0 Å². The molecule has 0 spiro atoms. The smallest absolute Gasteiger partial charge is 0.240 e. The summed E-state index contributed by atoms with van der Waals surface area (Å²) in [6, 6.07) is 5.91. The first-order chi connectivity index (χ1) is 11.4. The standard InChI is InChI=1S/C19H27N3O2/c1-13-5-4-6-16(11-13)21-22-19(24)10-9-18(23)20-17-12-14(2)7-8-15(17)3/h7-8,12-13H,4-6,9-11H2,1-3H3,(H,20,23)(H,22,24)/b21-16+. The third-order valence-electron chi connectivity index (χ3n) is 4.33. The molecule has 0 aromatic heterocycles. The number of aryl methyl sites for hydroxylation is 2. The number of rotatable bonds is 5. The van der Waals surface area contributed by atoms with Gasteiger partial charge in [0.15, 0.2) is 0 Å². The van der Waals surface area contributed by atoms with Crippen molar-refractivity contribution < 1.29 is 9.59 Å². The Morgan fingerprint density at radius 3 is 2.71 bits per heavy atom. The second kappa shape index (κ2) is 8.62. The van der Waals surface area contributed by atoms with Crippen molar-refractivity contribution in [2.24, 2.45) is 11.0 Å². The van der Waals surface area contributed by atoms with Crippen molar-refractivity contribution in [3.8, 4) is 0 Å². The van der Waals surface area contributed by atoms with E-state index in [-0.39, 0.29) is 24.7 Å². The summed E-state index contributed by atoms with van der Waals surface area (Å²) >= 11 is 0. The van der Waals surface area contributed by atoms with Gasteiger partial charge in [-0.3, -0.25) is 9.59 Å². The Morgan fingerprint density at radius 1 is 1.21 bits per heavy atom. The lowest BCUT2D eigenvalue weighted by Gasteiger charge is -2.18. The molecule has 0 bridgehead atoms. The maximum Gasteiger partial charge on any atom is 0.240 e. The van der Waals surface area contributed by atoms with E-state index in [0.29, 0.717) is 5.92 Å². The molecule has 0 heterocycles. The van der Waals surface area contributed by atoms with Crippen LogP contribution in [0.4, 0.5) is 5.69 Å². The quantitative estimate of drug-likeness (QED) is 0.809. The Balaban J connectivity index is 1.76. The number of hydrogen-bond donors (Lipinski definition) is 2. The van der Waals surface area contributed by atoms with Crippen LogP contribution >= 0.6 is 0 Å². The molecule has 1 aromatic carbocycles. The number of nitrogens with zero attached hydrogens (tertiary/aromatic N) is 1. The van der Waals surface area contributed by atoms with Gasteiger partial charge in [0.25, 0.3) is 0 Å². The molecule has 2 N–H and O–H groups in total. The number of hydrogen-bond acceptors (Lipinski definition) is 3. The summed E-state index contributed by atoms with van der Waals surface area (Å²) in [6.07, 6.45) is 4.56. The second-order valence-electron chi connectivity index (χ2n) is 6.78. The molecule has 1 unspecified atom stereocenters. The number of nitrogens with one attached hydrogen (secondary N) is 2. The Labute approximate surface area is 143 Å². The van der Waals surface area contributed by atoms with Gasteiger partial charge in [-0.2, -0.15) is 5.10 Å². The van der Waals surface area contributed by atoms with Gasteiger partial charge in [0.05, 0.1) is 0 Å². The van der Waals surface area contributed by atoms with Crippen LogP contribution in [0.2, 0.25) is 0 Å². The molecule has 5 heteroatoms. The summed E-state index contributed by atoms with van der Waals surface area (Å²) < 4.78 is 0. The maximum atomic E-state index is 12.0. The van der Waals surface area contributed by atoms with Crippen LogP contribution in [0.15, 0.2) is 23.3 Å². The van der Waals surface area contributed by atoms with Crippen molar-refractivity contribution in [3.05, 3.63) is 29.3 Å². The van der Waals surface area contributed by atoms with E-state index in [2.05, 4.69) is 22.8 Å². The van der Waals surface area contributed by atoms with Crippen LogP contribution in [0.3, 0.4) is 0 Å². The minimum atomic E-state index is -0.211. The van der Waals surface area contributed by atoms with E-state index in [1.54, 1.807) is 0 Å². The summed E-state index contributed by atoms with van der Waals surface area (Å²) in [5, 5.41) is 7.07. The molecule has 0 radical (unpaired) electrons. The number of hydrazone groups is 1. The Kier molecular flexibility index (Phi) is 6.53. The number of amides is 2. The molecule has 1 saturated carbocycles. The van der Waals surface area contributed by atoms with Crippen molar-refractivity contribution >= 4 is 23.2 Å². The Morgan fingerprint density at radius 2 is 1.96 bits per heavy atom. The van der Waals surface area contributed by atoms with Gasteiger partial charge in [-0.05, 0) is 62.6 Å². The highest BCUT2D eigenvalue weighted by Crippen LogP contribution is 2.21. The lowest BCUT2D eigenvalue weighted by molar-refractivity contribution is -0.124. The van der Waals surface area contributed by atoms with Gasteiger partial charge in [-0.15, -0.1) is 0 Å². The fourth-order valence-electron chi connectivity index (χ4n) is 2.87. The van der Waals surface area contributed by atoms with Crippen molar-refractivity contribution in [2.45, 2.75) is 59.3 Å². The van der Waals surface area contributed by atoms with Crippen LogP contribution < -0.4 is 10.7 Å². The molecule has 1 atom stereocenters. The van der Waals surface area contributed by atoms with Crippen LogP contribution in [0, 0.1) is 19.8 Å². The van der Waals surface area contributed by atoms with Gasteiger partial charge < -0.3 is 5.32 Å². The largest absolute Gasteiger partial charge is 0.326 e. The third-order valence-corrected chi connectivity index (χ3v) is 4.33. The van der Waals surface area contributed by atoms with Gasteiger partial charge in [0.2, 0.25) is 11.8 Å². The second-order valence-corrected chi connectivity index (χ2v) is 6.78. The summed E-state index contributed by atoms with van der Waals surface area (Å²) in [4.78, 5) is 23.8. The Bertz CT molecular complexity index is 637. The van der Waals surface area contributed by atoms with E-state index in [0.717, 1.165) is 41.8 Å². The zero-order valence-corrected chi connectivity index (χ0v) is 14.8. The van der Waals surface area contributed by atoms with E-state index in [9.17, 15) is 9.59 Å². The van der Waals surface area contributed by atoms with E-state index >= 15 is 0 Å². The molecule has 2 amide bonds. The average Bonchev–Trinajstić information content (AvgIpc) is 2.54. The molecule has 130 valence electrons. The van der Waals surface area contributed by atoms with Crippen molar-refractivity contribution in [2.75, 3.05) is 5.32 Å². The van der Waals surface area contributed by atoms with Crippen molar-refractivity contribution in [1.29, 1.82) is 0 Å². The minimum Gasteiger partial charge on any atom is -0.326 e. The summed E-state index contributed by atoms with van der Waals surface area (Å²) in [6.45, 7) is 6.13. The van der Waals surface area contributed by atoms with Crippen LogP contribution in [0.1, 0.15) is 56.6 Å². The SMILES string of the molecule is Cc1ccc(C)c(NC(=O)CCC(=O)N/N=C2\CCCC(C)C2)c1. The lowest BCUT2D eigenvalue weighted by Crippen LogP contribution is -2.23. The van der Waals surface area contributed by atoms with Gasteiger partial charge in [0, 0.05) is 24.2 Å². The predicted octanol–water partition coefficient (Wildman–Crippen LogP) is 3.70. The number of anilines is 1. The van der Waals surface area contributed by atoms with E-state index in [1.807, 2.05) is 32.0 Å². The fourth-order valence-corrected chi connectivity index (χ4v) is 2.87. The first-order valence-corrected chi connectivity index (χ1v) is 8.65. The predicted molar refractivity (Wildman–Crippen MR) is 97.0 cm³/mol. The first-order valence-electron chi connectivity index (χ1n) is 8.65. The number of benzene rings is 1. The molecule has 0 saturated heterocycles. The third kappa shape index (κ3) is 5.80. The number of carbonyl (C=O) groups excluding carboxylic acids is 2. The summed E-state index contributed by atoms with van der Waals surface area (Å²) in [7, 11) is 0. The zero-order chi connectivity index (χ0) is 17.5. The monoisotopic (exact) mass is 329 g/mol. The highest BCUT2D eigenvalue weighted by atomic mass is 16.2. The minimum absolute atomic E-state index is 0.142. The van der Waals surface area contributed by atoms with Crippen LogP contribution in [0.5, 0.6) is 0 Å². The average molecular weight is 329 g/mol. The van der Waals surface area contributed by atoms with Gasteiger partial charge in [-0.1, -0.05) is 19.1 Å². The maximum absolute atomic E-state index is 12.0. The topological polar surface area (TPSA) is 70.6 Å². The van der Waals surface area contributed by atoms with Gasteiger partial charge >= 0.3 is 0 Å². The van der Waals surface area contributed by atoms with Crippen LogP contribution in [-0.4, -0.2) is 17.5 Å². The normalized spacial score (nSPS) is 19.1. The highest BCUT2D eigenvalue weighted by Gasteiger charge is 2.14. The first kappa shape index (κ1) is 18.2. The number of carbonyl (C=O) groups is 2. The van der Waals surface area contributed by atoms with Crippen molar-refractivity contribution in [3.63, 3.8) is 0 Å². The lowest BCUT2D eigenvalue weighted by atomic mass is 9.89. The molecule has 1 aromatic rings. The summed E-state index contributed by atoms with van der Waals surface area (Å²) in [5.74, 6) is 0.271. The van der Waals surface area contributed by atoms with E-state index < -0.39 is 0 Å². The molecule has 1 aliphatic rings. The Hall–Kier alpha value is -2.17. The van der Waals surface area contributed by atoms with Crippen LogP contribution in [-0.2, 0) is 9.59 Å². The molecule has 5 nitrogen and oxygen atoms in total. The molecule has 1 fully saturated rings. The summed E-state index contributed by atoms with van der Waals surface area (Å²) in [5.41, 5.74) is 6.54. The zero-order valence-electron chi connectivity index (χ0n) is 14.8. The fraction of sp³-hybridized carbons (Fsp3) is 0.526. The molecule has 1 aliphatic carbocycles. The van der Waals surface area contributed by atoms with Crippen molar-refractivity contribution in [1.82, 2.24) is 5.43 Å². The molecular weight excluding hydrogens is 302 g/mol. The molecule has 2 rings (SSSR count). The van der Waals surface area contributed by atoms with E-state index in [1.165, 1.54) is 6.42 Å². The molecular formula is C19H27N3O2. The molecule has 0 aliphatic heterocycles.